The van der Waals surface area contributed by atoms with Gasteiger partial charge in [-0.2, -0.15) is 0 Å². The maximum absolute atomic E-state index is 11.1. The third-order valence-corrected chi connectivity index (χ3v) is 1.83. The van der Waals surface area contributed by atoms with Gasteiger partial charge in [0.25, 0.3) is 5.91 Å². The van der Waals surface area contributed by atoms with Gasteiger partial charge in [0, 0.05) is 17.3 Å². The molecule has 14 heavy (non-hydrogen) atoms. The fraction of sp³-hybridized carbons (Fsp3) is 0.500. The Labute approximate surface area is 84.8 Å². The fourth-order valence-electron chi connectivity index (χ4n) is 1.05. The highest BCUT2D eigenvalue weighted by molar-refractivity contribution is 5.94. The molecule has 0 bridgehead atoms. The Bertz CT molecular complexity index is 439. The Kier molecular flexibility index (Phi) is 1.42. The van der Waals surface area contributed by atoms with Crippen molar-refractivity contribution in [2.75, 3.05) is 13.2 Å². The number of hydrogen-bond donors (Lipinski definition) is 1. The molecule has 0 aromatic carbocycles. The lowest BCUT2D eigenvalue weighted by molar-refractivity contribution is -0.0816. The lowest BCUT2D eigenvalue weighted by Gasteiger charge is -2.25. The number of nitrogens with zero attached hydrogens (tertiary/aromatic N) is 2. The molecule has 1 aliphatic heterocycles. The average Bonchev–Trinajstić information content (AvgIpc) is 2.54. The van der Waals surface area contributed by atoms with Crippen LogP contribution in [0.3, 0.4) is 0 Å². The summed E-state index contributed by atoms with van der Waals surface area (Å²) >= 11 is 0. The smallest absolute Gasteiger partial charge is 0.255 e. The van der Waals surface area contributed by atoms with E-state index in [4.69, 9.17) is 19.3 Å². The van der Waals surface area contributed by atoms with E-state index in [-0.39, 0.29) is 17.5 Å². The molecule has 1 saturated heterocycles. The summed E-state index contributed by atoms with van der Waals surface area (Å²) < 4.78 is 32.4. The Morgan fingerprint density at radius 2 is 2.71 bits per heavy atom. The molecule has 1 aliphatic rings. The third-order valence-electron chi connectivity index (χ3n) is 1.83. The van der Waals surface area contributed by atoms with Crippen LogP contribution in [0, 0.1) is 0 Å². The second kappa shape index (κ2) is 3.30. The summed E-state index contributed by atoms with van der Waals surface area (Å²) in [5, 5.41) is 3.70. The number of primary amides is 1. The van der Waals surface area contributed by atoms with E-state index in [0.717, 1.165) is 6.20 Å². The number of carbonyl (C=O) groups is 1. The molecule has 6 heteroatoms. The van der Waals surface area contributed by atoms with E-state index >= 15 is 0 Å². The molecule has 0 spiro atoms. The van der Waals surface area contributed by atoms with Crippen LogP contribution in [0.4, 0.5) is 0 Å². The van der Waals surface area contributed by atoms with Crippen LogP contribution < -0.4 is 10.5 Å². The highest BCUT2D eigenvalue weighted by Crippen LogP contribution is 2.18. The van der Waals surface area contributed by atoms with E-state index in [2.05, 4.69) is 5.10 Å². The van der Waals surface area contributed by atoms with Gasteiger partial charge in [0.05, 0.1) is 13.2 Å². The van der Waals surface area contributed by atoms with Crippen LogP contribution in [0.1, 0.15) is 14.5 Å². The minimum Gasteiger partial charge on any atom is -0.468 e. The third kappa shape index (κ3) is 1.56. The molecule has 0 atom stereocenters. The normalized spacial score (nSPS) is 20.4. The first kappa shape index (κ1) is 6.02. The molecule has 0 unspecified atom stereocenters. The Balaban J connectivity index is 2.28. The van der Waals surface area contributed by atoms with Gasteiger partial charge in [0.1, 0.15) is 11.7 Å². The molecule has 0 radical (unpaired) electrons. The quantitative estimate of drug-likeness (QED) is 0.699. The van der Waals surface area contributed by atoms with Crippen LogP contribution in [0.25, 0.3) is 0 Å². The number of carbonyl (C=O) groups excluding carboxylic acids is 1. The predicted octanol–water partition coefficient (Wildman–Crippen LogP) is -0.703. The monoisotopic (exact) mass is 200 g/mol. The zero-order valence-electron chi connectivity index (χ0n) is 10.3. The van der Waals surface area contributed by atoms with Crippen molar-refractivity contribution in [1.29, 1.82) is 0 Å². The first-order valence-electron chi connectivity index (χ1n) is 5.52. The van der Waals surface area contributed by atoms with Gasteiger partial charge >= 0.3 is 0 Å². The summed E-state index contributed by atoms with van der Waals surface area (Å²) in [6, 6.07) is 0. The minimum atomic E-state index is -2.47. The van der Waals surface area contributed by atoms with Crippen LogP contribution in [-0.4, -0.2) is 35.0 Å². The first-order chi connectivity index (χ1) is 7.88. The van der Waals surface area contributed by atoms with Gasteiger partial charge in [0.15, 0.2) is 0 Å². The fourth-order valence-corrected chi connectivity index (χ4v) is 1.05. The first-order valence-corrected chi connectivity index (χ1v) is 4.02. The molecule has 1 aromatic heterocycles. The van der Waals surface area contributed by atoms with Crippen molar-refractivity contribution < 1.29 is 18.4 Å². The highest BCUT2D eigenvalue weighted by atomic mass is 16.6. The second-order valence-corrected chi connectivity index (χ2v) is 2.93. The van der Waals surface area contributed by atoms with E-state index in [1.54, 1.807) is 0 Å². The number of amides is 1. The Hall–Kier alpha value is -1.56. The SMILES string of the molecule is [2H]C([2H])([2H])n1cc(C(N)=O)c(OC2COC2)n1. The van der Waals surface area contributed by atoms with Gasteiger partial charge in [-0.05, 0) is 0 Å². The van der Waals surface area contributed by atoms with E-state index < -0.39 is 12.9 Å². The minimum absolute atomic E-state index is 0.0481. The molecule has 1 fully saturated rings. The van der Waals surface area contributed by atoms with Crippen LogP contribution >= 0.6 is 0 Å². The summed E-state index contributed by atoms with van der Waals surface area (Å²) in [5.74, 6) is -0.849. The van der Waals surface area contributed by atoms with Gasteiger partial charge in [-0.25, -0.2) is 0 Å². The molecule has 6 nitrogen and oxygen atoms in total. The van der Waals surface area contributed by atoms with Crippen molar-refractivity contribution in [2.45, 2.75) is 6.10 Å². The van der Waals surface area contributed by atoms with Gasteiger partial charge in [0.2, 0.25) is 5.88 Å². The van der Waals surface area contributed by atoms with Crippen molar-refractivity contribution >= 4 is 5.91 Å². The average molecular weight is 200 g/mol. The molecule has 76 valence electrons. The number of ether oxygens (including phenoxy) is 2. The zero-order valence-corrected chi connectivity index (χ0v) is 7.27. The van der Waals surface area contributed by atoms with Crippen molar-refractivity contribution in [1.82, 2.24) is 9.78 Å². The topological polar surface area (TPSA) is 79.4 Å². The Morgan fingerprint density at radius 3 is 3.21 bits per heavy atom. The van der Waals surface area contributed by atoms with E-state index in [1.807, 2.05) is 0 Å². The van der Waals surface area contributed by atoms with Crippen LogP contribution in [0.5, 0.6) is 5.88 Å². The van der Waals surface area contributed by atoms with Crippen LogP contribution in [0.2, 0.25) is 0 Å². The molecule has 2 N–H and O–H groups in total. The summed E-state index contributed by atoms with van der Waals surface area (Å²) in [5.41, 5.74) is 5.07. The van der Waals surface area contributed by atoms with Gasteiger partial charge in [-0.3, -0.25) is 9.48 Å². The summed E-state index contributed by atoms with van der Waals surface area (Å²) in [6.45, 7) is -1.69. The maximum atomic E-state index is 11.1. The van der Waals surface area contributed by atoms with Crippen molar-refractivity contribution in [2.24, 2.45) is 12.7 Å². The van der Waals surface area contributed by atoms with Crippen molar-refractivity contribution in [3.63, 3.8) is 0 Å². The molecule has 2 heterocycles. The molecule has 0 saturated carbocycles. The van der Waals surface area contributed by atoms with Crippen LogP contribution in [-0.2, 0) is 11.7 Å². The molecule has 1 amide bonds. The van der Waals surface area contributed by atoms with Crippen molar-refractivity contribution in [3.05, 3.63) is 11.8 Å². The predicted molar refractivity (Wildman–Crippen MR) is 47.0 cm³/mol. The Morgan fingerprint density at radius 1 is 1.93 bits per heavy atom. The lowest BCUT2D eigenvalue weighted by atomic mass is 10.3. The summed E-state index contributed by atoms with van der Waals surface area (Å²) in [4.78, 5) is 11.1. The van der Waals surface area contributed by atoms with Gasteiger partial charge in [-0.15, -0.1) is 5.10 Å². The largest absolute Gasteiger partial charge is 0.468 e. The van der Waals surface area contributed by atoms with Crippen molar-refractivity contribution in [3.8, 4) is 5.88 Å². The van der Waals surface area contributed by atoms with E-state index in [1.165, 1.54) is 0 Å². The molecular formula is C8H11N3O3. The van der Waals surface area contributed by atoms with Crippen LogP contribution in [0.15, 0.2) is 6.20 Å². The van der Waals surface area contributed by atoms with E-state index in [0.29, 0.717) is 17.9 Å². The maximum Gasteiger partial charge on any atom is 0.255 e. The summed E-state index contributed by atoms with van der Waals surface area (Å²) in [7, 11) is 0. The van der Waals surface area contributed by atoms with Gasteiger partial charge in [-0.1, -0.05) is 0 Å². The molecule has 0 aliphatic carbocycles. The number of rotatable bonds is 3. The summed E-state index contributed by atoms with van der Waals surface area (Å²) in [6.07, 6.45) is 0.845. The van der Waals surface area contributed by atoms with Gasteiger partial charge < -0.3 is 15.2 Å². The molecule has 2 rings (SSSR count). The molecule has 1 aromatic rings. The standard InChI is InChI=1S/C8H11N3O3/c1-11-2-6(7(9)12)8(10-11)14-5-3-13-4-5/h2,5H,3-4H2,1H3,(H2,9,12)/i1D3. The lowest BCUT2D eigenvalue weighted by Crippen LogP contribution is -2.39. The number of aromatic nitrogens is 2. The highest BCUT2D eigenvalue weighted by Gasteiger charge is 2.24. The molecular weight excluding hydrogens is 186 g/mol. The van der Waals surface area contributed by atoms with E-state index in [9.17, 15) is 4.79 Å². The zero-order chi connectivity index (χ0) is 12.6. The number of nitrogens with two attached hydrogens (primary N) is 1. The number of aryl methyl sites for hydroxylation is 1. The second-order valence-electron chi connectivity index (χ2n) is 2.93. The number of hydrogen-bond acceptors (Lipinski definition) is 4.